The molecule has 4 rings (SSSR count). The highest BCUT2D eigenvalue weighted by Gasteiger charge is 2.19. The van der Waals surface area contributed by atoms with E-state index in [1.54, 1.807) is 18.2 Å². The van der Waals surface area contributed by atoms with E-state index in [0.717, 1.165) is 21.8 Å². The molecule has 0 fully saturated rings. The predicted octanol–water partition coefficient (Wildman–Crippen LogP) is 7.34. The zero-order valence-electron chi connectivity index (χ0n) is 17.2. The monoisotopic (exact) mass is 482 g/mol. The Hall–Kier alpha value is -2.72. The fourth-order valence-corrected chi connectivity index (χ4v) is 4.06. The molecule has 4 aromatic rings. The van der Waals surface area contributed by atoms with E-state index in [2.05, 4.69) is 4.57 Å². The number of hydrogen-bond acceptors (Lipinski definition) is 1. The van der Waals surface area contributed by atoms with Gasteiger partial charge in [0.05, 0.1) is 16.6 Å². The molecule has 162 valence electrons. The van der Waals surface area contributed by atoms with Crippen molar-refractivity contribution in [1.82, 2.24) is 9.47 Å². The summed E-state index contributed by atoms with van der Waals surface area (Å²) in [6, 6.07) is 26.7. The number of halogens is 3. The molecule has 32 heavy (non-hydrogen) atoms. The molecule has 0 aliphatic carbocycles. The van der Waals surface area contributed by atoms with Gasteiger partial charge in [-0.2, -0.15) is 0 Å². The lowest BCUT2D eigenvalue weighted by Gasteiger charge is -2.24. The van der Waals surface area contributed by atoms with Gasteiger partial charge >= 0.3 is 0 Å². The molecule has 3 nitrogen and oxygen atoms in total. The Morgan fingerprint density at radius 3 is 2.25 bits per heavy atom. The van der Waals surface area contributed by atoms with Crippen molar-refractivity contribution in [3.63, 3.8) is 0 Å². The van der Waals surface area contributed by atoms with Crippen molar-refractivity contribution >= 4 is 40.7 Å². The van der Waals surface area contributed by atoms with Gasteiger partial charge in [0.2, 0.25) is 0 Å². The van der Waals surface area contributed by atoms with Crippen LogP contribution < -0.4 is 0 Å². The average Bonchev–Trinajstić information content (AvgIpc) is 3.23. The quantitative estimate of drug-likeness (QED) is 0.270. The van der Waals surface area contributed by atoms with E-state index in [1.165, 1.54) is 0 Å². The van der Waals surface area contributed by atoms with Gasteiger partial charge in [0.15, 0.2) is 0 Å². The van der Waals surface area contributed by atoms with Gasteiger partial charge in [0, 0.05) is 35.6 Å². The van der Waals surface area contributed by atoms with Crippen molar-refractivity contribution in [3.05, 3.63) is 129 Å². The Balaban J connectivity index is 1.62. The molecule has 0 aliphatic heterocycles. The summed E-state index contributed by atoms with van der Waals surface area (Å²) in [5, 5.41) is 1.51. The minimum Gasteiger partial charge on any atom is -0.345 e. The smallest absolute Gasteiger partial charge is 0.254 e. The van der Waals surface area contributed by atoms with Crippen molar-refractivity contribution in [3.8, 4) is 0 Å². The molecule has 1 heterocycles. The van der Waals surface area contributed by atoms with Gasteiger partial charge in [-0.05, 0) is 47.5 Å². The highest BCUT2D eigenvalue weighted by molar-refractivity contribution is 6.42. The zero-order valence-corrected chi connectivity index (χ0v) is 19.5. The fraction of sp³-hybridized carbons (Fsp3) is 0.115. The number of nitrogens with zero attached hydrogens (tertiary/aromatic N) is 2. The van der Waals surface area contributed by atoms with Crippen molar-refractivity contribution in [2.75, 3.05) is 0 Å². The molecule has 3 aromatic carbocycles. The lowest BCUT2D eigenvalue weighted by atomic mass is 10.1. The molecule has 0 saturated heterocycles. The van der Waals surface area contributed by atoms with E-state index in [9.17, 15) is 4.79 Å². The number of carbonyl (C=O) groups excluding carboxylic acids is 1. The predicted molar refractivity (Wildman–Crippen MR) is 131 cm³/mol. The van der Waals surface area contributed by atoms with Crippen molar-refractivity contribution in [2.24, 2.45) is 0 Å². The summed E-state index contributed by atoms with van der Waals surface area (Å²) in [7, 11) is 0. The first-order valence-electron chi connectivity index (χ1n) is 10.2. The maximum Gasteiger partial charge on any atom is 0.254 e. The first-order valence-corrected chi connectivity index (χ1v) is 11.3. The number of carbonyl (C=O) groups is 1. The lowest BCUT2D eigenvalue weighted by molar-refractivity contribution is 0.0726. The molecular formula is C26H21Cl3N2O. The second kappa shape index (κ2) is 10.3. The maximum atomic E-state index is 13.5. The molecule has 0 N–H and O–H groups in total. The number of rotatable bonds is 7. The van der Waals surface area contributed by atoms with Gasteiger partial charge < -0.3 is 9.47 Å². The van der Waals surface area contributed by atoms with Crippen LogP contribution in [-0.4, -0.2) is 15.4 Å². The first-order chi connectivity index (χ1) is 15.5. The van der Waals surface area contributed by atoms with Crippen LogP contribution >= 0.6 is 34.8 Å². The Labute approximate surface area is 202 Å². The molecule has 6 heteroatoms. The average molecular weight is 484 g/mol. The van der Waals surface area contributed by atoms with E-state index >= 15 is 0 Å². The van der Waals surface area contributed by atoms with Gasteiger partial charge in [-0.3, -0.25) is 4.79 Å². The fourth-order valence-electron chi connectivity index (χ4n) is 3.57. The molecule has 0 atom stereocenters. The summed E-state index contributed by atoms with van der Waals surface area (Å²) in [4.78, 5) is 15.3. The van der Waals surface area contributed by atoms with E-state index in [-0.39, 0.29) is 5.91 Å². The third kappa shape index (κ3) is 5.36. The zero-order chi connectivity index (χ0) is 22.5. The van der Waals surface area contributed by atoms with Crippen LogP contribution in [0.3, 0.4) is 0 Å². The third-order valence-corrected chi connectivity index (χ3v) is 6.35. The van der Waals surface area contributed by atoms with Crippen LogP contribution in [0.15, 0.2) is 91.1 Å². The van der Waals surface area contributed by atoms with E-state index in [4.69, 9.17) is 34.8 Å². The first kappa shape index (κ1) is 22.5. The molecule has 1 amide bonds. The largest absolute Gasteiger partial charge is 0.345 e. The van der Waals surface area contributed by atoms with Crippen LogP contribution in [0, 0.1) is 0 Å². The summed E-state index contributed by atoms with van der Waals surface area (Å²) < 4.78 is 2.11. The SMILES string of the molecule is O=C(c1ccc(Cl)c(Cl)c1)N(Cc1ccccc1)Cc1cccn1Cc1ccccc1Cl. The van der Waals surface area contributed by atoms with Crippen LogP contribution in [-0.2, 0) is 19.6 Å². The molecule has 0 saturated carbocycles. The van der Waals surface area contributed by atoms with Crippen molar-refractivity contribution in [2.45, 2.75) is 19.6 Å². The van der Waals surface area contributed by atoms with Crippen LogP contribution in [0.5, 0.6) is 0 Å². The summed E-state index contributed by atoms with van der Waals surface area (Å²) in [5.41, 5.74) is 3.58. The van der Waals surface area contributed by atoms with Crippen LogP contribution in [0.25, 0.3) is 0 Å². The Morgan fingerprint density at radius 2 is 1.50 bits per heavy atom. The van der Waals surface area contributed by atoms with Crippen molar-refractivity contribution in [1.29, 1.82) is 0 Å². The minimum atomic E-state index is -0.113. The van der Waals surface area contributed by atoms with Crippen LogP contribution in [0.4, 0.5) is 0 Å². The molecular weight excluding hydrogens is 463 g/mol. The Bertz CT molecular complexity index is 1220. The standard InChI is InChI=1S/C26H21Cl3N2O/c27-23-11-5-4-9-21(23)17-30-14-6-10-22(30)18-31(16-19-7-2-1-3-8-19)26(32)20-12-13-24(28)25(29)15-20/h1-15H,16-18H2. The molecule has 0 spiro atoms. The molecule has 0 aliphatic rings. The van der Waals surface area contributed by atoms with E-state index < -0.39 is 0 Å². The highest BCUT2D eigenvalue weighted by Crippen LogP contribution is 2.25. The summed E-state index contributed by atoms with van der Waals surface area (Å²) in [6.07, 6.45) is 2.00. The Morgan fingerprint density at radius 1 is 0.750 bits per heavy atom. The van der Waals surface area contributed by atoms with Gasteiger partial charge in [0.1, 0.15) is 0 Å². The second-order valence-electron chi connectivity index (χ2n) is 7.49. The highest BCUT2D eigenvalue weighted by atomic mass is 35.5. The topological polar surface area (TPSA) is 25.2 Å². The second-order valence-corrected chi connectivity index (χ2v) is 8.72. The summed E-state index contributed by atoms with van der Waals surface area (Å²) in [6.45, 7) is 1.53. The van der Waals surface area contributed by atoms with E-state index in [1.807, 2.05) is 77.8 Å². The number of aromatic nitrogens is 1. The summed E-state index contributed by atoms with van der Waals surface area (Å²) in [5.74, 6) is -0.113. The van der Waals surface area contributed by atoms with Gasteiger partial charge in [0.25, 0.3) is 5.91 Å². The number of amides is 1. The van der Waals surface area contributed by atoms with Gasteiger partial charge in [-0.1, -0.05) is 83.3 Å². The molecule has 0 radical (unpaired) electrons. The van der Waals surface area contributed by atoms with Gasteiger partial charge in [-0.15, -0.1) is 0 Å². The van der Waals surface area contributed by atoms with Crippen LogP contribution in [0.2, 0.25) is 15.1 Å². The van der Waals surface area contributed by atoms with Gasteiger partial charge in [-0.25, -0.2) is 0 Å². The summed E-state index contributed by atoms with van der Waals surface area (Å²) >= 11 is 18.6. The number of benzene rings is 3. The number of hydrogen-bond donors (Lipinski definition) is 0. The maximum absolute atomic E-state index is 13.5. The van der Waals surface area contributed by atoms with Crippen LogP contribution in [0.1, 0.15) is 27.2 Å². The molecule has 0 unspecified atom stereocenters. The van der Waals surface area contributed by atoms with E-state index in [0.29, 0.717) is 35.2 Å². The third-order valence-electron chi connectivity index (χ3n) is 5.24. The van der Waals surface area contributed by atoms with Crippen molar-refractivity contribution < 1.29 is 4.79 Å². The molecule has 1 aromatic heterocycles. The minimum absolute atomic E-state index is 0.113. The molecule has 0 bridgehead atoms. The Kier molecular flexibility index (Phi) is 7.21. The normalized spacial score (nSPS) is 10.8. The lowest BCUT2D eigenvalue weighted by Crippen LogP contribution is -2.31.